The van der Waals surface area contributed by atoms with Crippen LogP contribution in [0, 0.1) is 0 Å². The summed E-state index contributed by atoms with van der Waals surface area (Å²) in [6.45, 7) is 4.54. The van der Waals surface area contributed by atoms with Crippen LogP contribution in [0.2, 0.25) is 5.02 Å². The van der Waals surface area contributed by atoms with Crippen LogP contribution in [0.1, 0.15) is 12.8 Å². The molecule has 22 heavy (non-hydrogen) atoms. The molecule has 118 valence electrons. The van der Waals surface area contributed by atoms with Crippen molar-refractivity contribution >= 4 is 40.5 Å². The second-order valence-electron chi connectivity index (χ2n) is 5.98. The monoisotopic (exact) mass is 337 g/mol. The molecule has 4 nitrogen and oxygen atoms in total. The first-order chi connectivity index (χ1) is 10.8. The van der Waals surface area contributed by atoms with Crippen molar-refractivity contribution < 1.29 is 4.42 Å². The average Bonchev–Trinajstić information content (AvgIpc) is 2.99. The Morgan fingerprint density at radius 2 is 1.91 bits per heavy atom. The highest BCUT2D eigenvalue weighted by atomic mass is 35.5. The fourth-order valence-electron chi connectivity index (χ4n) is 3.39. The van der Waals surface area contributed by atoms with Crippen molar-refractivity contribution in [2.75, 3.05) is 42.6 Å². The lowest BCUT2D eigenvalue weighted by molar-refractivity contribution is 0.184. The van der Waals surface area contributed by atoms with E-state index in [1.54, 1.807) is 0 Å². The van der Waals surface area contributed by atoms with Crippen LogP contribution >= 0.6 is 23.4 Å². The Balaban J connectivity index is 1.43. The summed E-state index contributed by atoms with van der Waals surface area (Å²) in [5.41, 5.74) is 1.66. The minimum atomic E-state index is 0.703. The molecular formula is C16H20ClN3OS. The van der Waals surface area contributed by atoms with E-state index in [9.17, 15) is 0 Å². The first-order valence-electron chi connectivity index (χ1n) is 7.92. The first kappa shape index (κ1) is 14.7. The average molecular weight is 338 g/mol. The number of aromatic nitrogens is 1. The number of hydrogen-bond acceptors (Lipinski definition) is 5. The second kappa shape index (κ2) is 6.30. The minimum Gasteiger partial charge on any atom is -0.423 e. The predicted molar refractivity (Wildman–Crippen MR) is 93.2 cm³/mol. The highest BCUT2D eigenvalue weighted by Gasteiger charge is 2.27. The van der Waals surface area contributed by atoms with Crippen molar-refractivity contribution in [2.45, 2.75) is 18.9 Å². The van der Waals surface area contributed by atoms with Gasteiger partial charge < -0.3 is 9.32 Å². The van der Waals surface area contributed by atoms with E-state index in [1.165, 1.54) is 37.4 Å². The fraction of sp³-hybridized carbons (Fsp3) is 0.562. The van der Waals surface area contributed by atoms with Gasteiger partial charge in [-0.05, 0) is 31.0 Å². The highest BCUT2D eigenvalue weighted by Crippen LogP contribution is 2.28. The van der Waals surface area contributed by atoms with Gasteiger partial charge in [0.2, 0.25) is 0 Å². The van der Waals surface area contributed by atoms with E-state index in [-0.39, 0.29) is 0 Å². The summed E-state index contributed by atoms with van der Waals surface area (Å²) in [4.78, 5) is 9.53. The summed E-state index contributed by atoms with van der Waals surface area (Å²) in [5, 5.41) is 0.703. The van der Waals surface area contributed by atoms with Crippen LogP contribution in [-0.2, 0) is 0 Å². The Morgan fingerprint density at radius 3 is 2.68 bits per heavy atom. The van der Waals surface area contributed by atoms with Gasteiger partial charge in [0.05, 0.1) is 0 Å². The van der Waals surface area contributed by atoms with Crippen LogP contribution in [0.5, 0.6) is 0 Å². The zero-order valence-corrected chi connectivity index (χ0v) is 14.1. The molecule has 1 aromatic carbocycles. The van der Waals surface area contributed by atoms with Gasteiger partial charge in [0.1, 0.15) is 5.52 Å². The van der Waals surface area contributed by atoms with Crippen LogP contribution in [0.15, 0.2) is 22.6 Å². The van der Waals surface area contributed by atoms with Gasteiger partial charge in [-0.1, -0.05) is 11.6 Å². The number of hydrogen-bond donors (Lipinski definition) is 0. The van der Waals surface area contributed by atoms with E-state index in [0.29, 0.717) is 5.02 Å². The van der Waals surface area contributed by atoms with E-state index < -0.39 is 0 Å². The van der Waals surface area contributed by atoms with Gasteiger partial charge in [0.15, 0.2) is 5.58 Å². The molecule has 0 unspecified atom stereocenters. The number of rotatable bonds is 2. The Kier molecular flexibility index (Phi) is 4.20. The number of thioether (sulfide) groups is 1. The van der Waals surface area contributed by atoms with Gasteiger partial charge in [-0.25, -0.2) is 0 Å². The molecule has 0 saturated carbocycles. The standard InChI is InChI=1S/C16H20ClN3OS/c17-12-1-2-15-14(11-12)18-16(21-15)20-5-3-13(4-6-20)19-7-9-22-10-8-19/h1-2,11,13H,3-10H2. The molecular weight excluding hydrogens is 318 g/mol. The first-order valence-corrected chi connectivity index (χ1v) is 9.46. The number of nitrogens with zero attached hydrogens (tertiary/aromatic N) is 3. The number of anilines is 1. The maximum absolute atomic E-state index is 6.02. The van der Waals surface area contributed by atoms with Crippen LogP contribution in [0.3, 0.4) is 0 Å². The highest BCUT2D eigenvalue weighted by molar-refractivity contribution is 7.99. The number of halogens is 1. The van der Waals surface area contributed by atoms with Gasteiger partial charge in [0, 0.05) is 48.7 Å². The number of fused-ring (bicyclic) bond motifs is 1. The summed E-state index contributed by atoms with van der Waals surface area (Å²) in [6, 6.07) is 7.08. The maximum Gasteiger partial charge on any atom is 0.298 e. The number of oxazole rings is 1. The van der Waals surface area contributed by atoms with Gasteiger partial charge in [-0.2, -0.15) is 16.7 Å². The van der Waals surface area contributed by atoms with Crippen LogP contribution in [0.25, 0.3) is 11.1 Å². The normalized spacial score (nSPS) is 21.6. The molecule has 0 aliphatic carbocycles. The Bertz CT molecular complexity index is 648. The second-order valence-corrected chi connectivity index (χ2v) is 7.64. The summed E-state index contributed by atoms with van der Waals surface area (Å²) in [5.74, 6) is 2.57. The lowest BCUT2D eigenvalue weighted by Crippen LogP contribution is -2.47. The molecule has 0 radical (unpaired) electrons. The smallest absolute Gasteiger partial charge is 0.298 e. The molecule has 0 N–H and O–H groups in total. The zero-order chi connectivity index (χ0) is 14.9. The van der Waals surface area contributed by atoms with E-state index >= 15 is 0 Å². The molecule has 2 saturated heterocycles. The SMILES string of the molecule is Clc1ccc2oc(N3CCC(N4CCSCC4)CC3)nc2c1. The van der Waals surface area contributed by atoms with Gasteiger partial charge in [-0.3, -0.25) is 4.90 Å². The molecule has 2 aliphatic heterocycles. The Labute approximate surface area is 139 Å². The molecule has 2 fully saturated rings. The van der Waals surface area contributed by atoms with Gasteiger partial charge >= 0.3 is 0 Å². The van der Waals surface area contributed by atoms with E-state index in [0.717, 1.165) is 36.2 Å². The summed E-state index contributed by atoms with van der Waals surface area (Å²) >= 11 is 8.09. The van der Waals surface area contributed by atoms with Crippen molar-refractivity contribution in [3.05, 3.63) is 23.2 Å². The molecule has 4 rings (SSSR count). The molecule has 6 heteroatoms. The fourth-order valence-corrected chi connectivity index (χ4v) is 4.49. The van der Waals surface area contributed by atoms with Crippen molar-refractivity contribution in [2.24, 2.45) is 0 Å². The third-order valence-corrected chi connectivity index (χ3v) is 5.81. The van der Waals surface area contributed by atoms with Gasteiger partial charge in [0.25, 0.3) is 6.01 Å². The lowest BCUT2D eigenvalue weighted by atomic mass is 10.0. The van der Waals surface area contributed by atoms with E-state index in [4.69, 9.17) is 16.0 Å². The number of piperidine rings is 1. The predicted octanol–water partition coefficient (Wildman–Crippen LogP) is 3.50. The molecule has 0 spiro atoms. The third-order valence-electron chi connectivity index (χ3n) is 4.64. The largest absolute Gasteiger partial charge is 0.423 e. The summed E-state index contributed by atoms with van der Waals surface area (Å²) < 4.78 is 5.88. The third kappa shape index (κ3) is 2.94. The molecule has 0 atom stereocenters. The minimum absolute atomic E-state index is 0.703. The lowest BCUT2D eigenvalue weighted by Gasteiger charge is -2.39. The summed E-state index contributed by atoms with van der Waals surface area (Å²) in [7, 11) is 0. The van der Waals surface area contributed by atoms with Gasteiger partial charge in [-0.15, -0.1) is 0 Å². The van der Waals surface area contributed by atoms with Crippen LogP contribution < -0.4 is 4.90 Å². The molecule has 1 aromatic heterocycles. The van der Waals surface area contributed by atoms with E-state index in [1.807, 2.05) is 18.2 Å². The molecule has 0 bridgehead atoms. The van der Waals surface area contributed by atoms with Crippen LogP contribution in [0.4, 0.5) is 6.01 Å². The molecule has 3 heterocycles. The summed E-state index contributed by atoms with van der Waals surface area (Å²) in [6.07, 6.45) is 2.40. The topological polar surface area (TPSA) is 32.5 Å². The quantitative estimate of drug-likeness (QED) is 0.837. The number of benzene rings is 1. The molecule has 2 aliphatic rings. The van der Waals surface area contributed by atoms with Crippen molar-refractivity contribution in [1.29, 1.82) is 0 Å². The maximum atomic E-state index is 6.02. The Hall–Kier alpha value is -0.910. The molecule has 2 aromatic rings. The van der Waals surface area contributed by atoms with Crippen molar-refractivity contribution in [1.82, 2.24) is 9.88 Å². The van der Waals surface area contributed by atoms with Crippen LogP contribution in [-0.4, -0.2) is 53.6 Å². The van der Waals surface area contributed by atoms with E-state index in [2.05, 4.69) is 26.5 Å². The zero-order valence-electron chi connectivity index (χ0n) is 12.5. The van der Waals surface area contributed by atoms with Crippen molar-refractivity contribution in [3.8, 4) is 0 Å². The Morgan fingerprint density at radius 1 is 1.14 bits per heavy atom. The van der Waals surface area contributed by atoms with Crippen molar-refractivity contribution in [3.63, 3.8) is 0 Å². The molecule has 0 amide bonds.